The number of hydrogen-bond acceptors (Lipinski definition) is 4. The zero-order valence-corrected chi connectivity index (χ0v) is 9.88. The molecule has 0 fully saturated rings. The van der Waals surface area contributed by atoms with Gasteiger partial charge in [-0.05, 0) is 26.0 Å². The topological polar surface area (TPSA) is 83.7 Å². The van der Waals surface area contributed by atoms with Crippen LogP contribution < -0.4 is 4.90 Å². The lowest BCUT2D eigenvalue weighted by molar-refractivity contribution is -0.384. The molecule has 0 heterocycles. The van der Waals surface area contributed by atoms with Crippen LogP contribution in [0.25, 0.3) is 0 Å². The molecule has 0 aromatic heterocycles. The smallest absolute Gasteiger partial charge is 0.335 e. The van der Waals surface area contributed by atoms with Crippen LogP contribution in [0, 0.1) is 10.1 Å². The van der Waals surface area contributed by atoms with Crippen LogP contribution in [0.2, 0.25) is 0 Å². The Bertz CT molecular complexity index is 457. The number of nitrogens with zero attached hydrogens (tertiary/aromatic N) is 2. The predicted octanol–water partition coefficient (Wildman–Crippen LogP) is 2.14. The predicted molar refractivity (Wildman–Crippen MR) is 63.6 cm³/mol. The Hall–Kier alpha value is -2.11. The lowest BCUT2D eigenvalue weighted by Gasteiger charge is -2.23. The van der Waals surface area contributed by atoms with Gasteiger partial charge in [0.05, 0.1) is 10.5 Å². The maximum Gasteiger partial charge on any atom is 0.335 e. The summed E-state index contributed by atoms with van der Waals surface area (Å²) < 4.78 is 0. The van der Waals surface area contributed by atoms with Gasteiger partial charge in [-0.3, -0.25) is 10.1 Å². The van der Waals surface area contributed by atoms with Crippen LogP contribution in [0.1, 0.15) is 24.2 Å². The molecule has 1 rings (SSSR count). The highest BCUT2D eigenvalue weighted by Gasteiger charge is 2.20. The molecular formula is C11H14N2O4. The van der Waals surface area contributed by atoms with E-state index in [9.17, 15) is 14.9 Å². The summed E-state index contributed by atoms with van der Waals surface area (Å²) in [5.74, 6) is -1.10. The molecule has 0 bridgehead atoms. The summed E-state index contributed by atoms with van der Waals surface area (Å²) in [4.78, 5) is 22.9. The van der Waals surface area contributed by atoms with E-state index < -0.39 is 10.9 Å². The van der Waals surface area contributed by atoms with Crippen LogP contribution in [0.4, 0.5) is 11.4 Å². The fourth-order valence-electron chi connectivity index (χ4n) is 1.37. The molecule has 0 atom stereocenters. The Balaban J connectivity index is 3.35. The Morgan fingerprint density at radius 2 is 2.06 bits per heavy atom. The van der Waals surface area contributed by atoms with Gasteiger partial charge < -0.3 is 10.0 Å². The van der Waals surface area contributed by atoms with Crippen LogP contribution in [0.5, 0.6) is 0 Å². The maximum absolute atomic E-state index is 10.9. The first kappa shape index (κ1) is 13.0. The number of rotatable bonds is 4. The van der Waals surface area contributed by atoms with Gasteiger partial charge in [0.25, 0.3) is 5.69 Å². The quantitative estimate of drug-likeness (QED) is 0.641. The van der Waals surface area contributed by atoms with Crippen molar-refractivity contribution in [3.8, 4) is 0 Å². The van der Waals surface area contributed by atoms with Gasteiger partial charge in [-0.1, -0.05) is 0 Å². The average Bonchev–Trinajstić information content (AvgIpc) is 2.26. The summed E-state index contributed by atoms with van der Waals surface area (Å²) in [7, 11) is 1.69. The Morgan fingerprint density at radius 1 is 1.47 bits per heavy atom. The van der Waals surface area contributed by atoms with Crippen molar-refractivity contribution < 1.29 is 14.8 Å². The van der Waals surface area contributed by atoms with Gasteiger partial charge in [-0.25, -0.2) is 4.79 Å². The highest BCUT2D eigenvalue weighted by molar-refractivity contribution is 5.90. The van der Waals surface area contributed by atoms with Gasteiger partial charge in [-0.15, -0.1) is 0 Å². The number of anilines is 1. The number of nitro benzene ring substituents is 1. The molecule has 0 aliphatic rings. The minimum atomic E-state index is -1.10. The number of nitro groups is 1. The average molecular weight is 238 g/mol. The van der Waals surface area contributed by atoms with E-state index in [1.807, 2.05) is 13.8 Å². The SMILES string of the molecule is CC(C)N(C)c1cc(C(=O)O)ccc1[N+](=O)[O-]. The second-order valence-electron chi connectivity index (χ2n) is 3.97. The van der Waals surface area contributed by atoms with Crippen molar-refractivity contribution in [3.05, 3.63) is 33.9 Å². The van der Waals surface area contributed by atoms with E-state index in [0.717, 1.165) is 0 Å². The molecule has 0 unspecified atom stereocenters. The van der Waals surface area contributed by atoms with Crippen molar-refractivity contribution in [2.24, 2.45) is 0 Å². The van der Waals surface area contributed by atoms with Crippen molar-refractivity contribution in [1.82, 2.24) is 0 Å². The highest BCUT2D eigenvalue weighted by atomic mass is 16.6. The number of carboxylic acids is 1. The third-order valence-electron chi connectivity index (χ3n) is 2.57. The van der Waals surface area contributed by atoms with E-state index in [4.69, 9.17) is 5.11 Å². The number of carbonyl (C=O) groups is 1. The first-order valence-corrected chi connectivity index (χ1v) is 5.09. The van der Waals surface area contributed by atoms with Gasteiger partial charge in [0.2, 0.25) is 0 Å². The second-order valence-corrected chi connectivity index (χ2v) is 3.97. The largest absolute Gasteiger partial charge is 0.478 e. The molecule has 0 saturated heterocycles. The van der Waals surface area contributed by atoms with Crippen molar-refractivity contribution in [1.29, 1.82) is 0 Å². The van der Waals surface area contributed by atoms with Crippen LogP contribution in [-0.4, -0.2) is 29.1 Å². The minimum absolute atomic E-state index is 0.0396. The molecule has 0 radical (unpaired) electrons. The summed E-state index contributed by atoms with van der Waals surface area (Å²) in [6, 6.07) is 3.81. The molecule has 0 aliphatic heterocycles. The molecule has 17 heavy (non-hydrogen) atoms. The van der Waals surface area contributed by atoms with Gasteiger partial charge in [0, 0.05) is 19.2 Å². The summed E-state index contributed by atoms with van der Waals surface area (Å²) in [5, 5.41) is 19.7. The van der Waals surface area contributed by atoms with E-state index in [1.165, 1.54) is 18.2 Å². The second kappa shape index (κ2) is 4.82. The number of benzene rings is 1. The Morgan fingerprint density at radius 3 is 2.47 bits per heavy atom. The summed E-state index contributed by atoms with van der Waals surface area (Å²) >= 11 is 0. The Kier molecular flexibility index (Phi) is 3.67. The summed E-state index contributed by atoms with van der Waals surface area (Å²) in [5.41, 5.74) is 0.259. The zero-order chi connectivity index (χ0) is 13.2. The minimum Gasteiger partial charge on any atom is -0.478 e. The lowest BCUT2D eigenvalue weighted by Crippen LogP contribution is -2.26. The molecule has 92 valence electrons. The summed E-state index contributed by atoms with van der Waals surface area (Å²) in [6.07, 6.45) is 0. The number of hydrogen-bond donors (Lipinski definition) is 1. The molecule has 0 amide bonds. The number of carboxylic acid groups (broad SMARTS) is 1. The van der Waals surface area contributed by atoms with Gasteiger partial charge in [0.15, 0.2) is 0 Å². The van der Waals surface area contributed by atoms with Crippen molar-refractivity contribution in [2.75, 3.05) is 11.9 Å². The molecular weight excluding hydrogens is 224 g/mol. The maximum atomic E-state index is 10.9. The van der Waals surface area contributed by atoms with E-state index in [0.29, 0.717) is 5.69 Å². The Labute approximate surface area is 98.6 Å². The van der Waals surface area contributed by atoms with E-state index in [-0.39, 0.29) is 17.3 Å². The highest BCUT2D eigenvalue weighted by Crippen LogP contribution is 2.29. The van der Waals surface area contributed by atoms with Crippen molar-refractivity contribution in [3.63, 3.8) is 0 Å². The van der Waals surface area contributed by atoms with Gasteiger partial charge in [0.1, 0.15) is 5.69 Å². The first-order valence-electron chi connectivity index (χ1n) is 5.09. The van der Waals surface area contributed by atoms with Crippen molar-refractivity contribution in [2.45, 2.75) is 19.9 Å². The molecule has 1 N–H and O–H groups in total. The van der Waals surface area contributed by atoms with E-state index in [2.05, 4.69) is 0 Å². The molecule has 1 aromatic carbocycles. The van der Waals surface area contributed by atoms with Gasteiger partial charge in [-0.2, -0.15) is 0 Å². The van der Waals surface area contributed by atoms with Crippen LogP contribution >= 0.6 is 0 Å². The van der Waals surface area contributed by atoms with E-state index in [1.54, 1.807) is 11.9 Å². The summed E-state index contributed by atoms with van der Waals surface area (Å²) in [6.45, 7) is 3.74. The monoisotopic (exact) mass is 238 g/mol. The molecule has 6 heteroatoms. The first-order chi connectivity index (χ1) is 7.84. The lowest BCUT2D eigenvalue weighted by atomic mass is 10.1. The molecule has 6 nitrogen and oxygen atoms in total. The fourth-order valence-corrected chi connectivity index (χ4v) is 1.37. The van der Waals surface area contributed by atoms with Crippen molar-refractivity contribution >= 4 is 17.3 Å². The third-order valence-corrected chi connectivity index (χ3v) is 2.57. The molecule has 1 aromatic rings. The zero-order valence-electron chi connectivity index (χ0n) is 9.88. The van der Waals surface area contributed by atoms with Crippen LogP contribution in [-0.2, 0) is 0 Å². The third kappa shape index (κ3) is 2.72. The normalized spacial score (nSPS) is 10.4. The number of aromatic carboxylic acids is 1. The molecule has 0 spiro atoms. The molecule has 0 saturated carbocycles. The van der Waals surface area contributed by atoms with Crippen LogP contribution in [0.15, 0.2) is 18.2 Å². The van der Waals surface area contributed by atoms with Crippen LogP contribution in [0.3, 0.4) is 0 Å². The fraction of sp³-hybridized carbons (Fsp3) is 0.364. The van der Waals surface area contributed by atoms with E-state index >= 15 is 0 Å². The standard InChI is InChI=1S/C11H14N2O4/c1-7(2)12(3)10-6-8(11(14)15)4-5-9(10)13(16)17/h4-7H,1-3H3,(H,14,15). The molecule has 0 aliphatic carbocycles. The van der Waals surface area contributed by atoms with Gasteiger partial charge >= 0.3 is 5.97 Å².